The van der Waals surface area contributed by atoms with Crippen LogP contribution >= 0.6 is 11.3 Å². The second kappa shape index (κ2) is 8.15. The fourth-order valence-corrected chi connectivity index (χ4v) is 6.39. The smallest absolute Gasteiger partial charge is 0.0392 e. The van der Waals surface area contributed by atoms with Crippen molar-refractivity contribution in [2.24, 2.45) is 0 Å². The third kappa shape index (κ3) is 4.23. The van der Waals surface area contributed by atoms with E-state index in [9.17, 15) is 0 Å². The first-order valence-electron chi connectivity index (χ1n) is 11.8. The van der Waals surface area contributed by atoms with Gasteiger partial charge >= 0.3 is 0 Å². The lowest BCUT2D eigenvalue weighted by atomic mass is 9.78. The Bertz CT molecular complexity index is 1410. The average molecular weight is 449 g/mol. The summed E-state index contributed by atoms with van der Waals surface area (Å²) in [4.78, 5) is 0. The van der Waals surface area contributed by atoms with Crippen molar-refractivity contribution in [2.75, 3.05) is 0 Å². The molecule has 0 radical (unpaired) electrons. The van der Waals surface area contributed by atoms with Gasteiger partial charge in [0.15, 0.2) is 0 Å². The Hall–Kier alpha value is -2.90. The molecule has 0 aliphatic heterocycles. The minimum Gasteiger partial charge on any atom is -0.135 e. The molecule has 0 spiro atoms. The largest absolute Gasteiger partial charge is 0.135 e. The number of fused-ring (bicyclic) bond motifs is 3. The maximum absolute atomic E-state index is 2.42. The van der Waals surface area contributed by atoms with Gasteiger partial charge in [-0.2, -0.15) is 0 Å². The Morgan fingerprint density at radius 2 is 1.33 bits per heavy atom. The van der Waals surface area contributed by atoms with E-state index in [1.165, 1.54) is 48.0 Å². The molecule has 0 amide bonds. The molecule has 0 N–H and O–H groups in total. The molecule has 1 heteroatoms. The molecule has 0 unspecified atom stereocenters. The molecule has 5 aromatic rings. The summed E-state index contributed by atoms with van der Waals surface area (Å²) in [5, 5.41) is 2.78. The molecule has 0 aliphatic carbocycles. The molecule has 4 aromatic carbocycles. The lowest BCUT2D eigenvalue weighted by Crippen LogP contribution is -2.20. The summed E-state index contributed by atoms with van der Waals surface area (Å²) in [6, 6.07) is 33.6. The van der Waals surface area contributed by atoms with Gasteiger partial charge in [-0.05, 0) is 51.1 Å². The predicted octanol–water partition coefficient (Wildman–Crippen LogP) is 9.54. The summed E-state index contributed by atoms with van der Waals surface area (Å²) in [5.41, 5.74) is 7.00. The fraction of sp³-hybridized carbons (Fsp3) is 0.250. The SMILES string of the molecule is CC(C)(C)c1cccc2c1sc1cc(CC(C)(C)c3ccc(-c4ccccc4)cc3)ccc12. The maximum atomic E-state index is 2.42. The predicted molar refractivity (Wildman–Crippen MR) is 147 cm³/mol. The molecular weight excluding hydrogens is 416 g/mol. The Labute approximate surface area is 201 Å². The van der Waals surface area contributed by atoms with Crippen LogP contribution in [0.2, 0.25) is 0 Å². The second-order valence-electron chi connectivity index (χ2n) is 10.9. The van der Waals surface area contributed by atoms with Gasteiger partial charge in [0, 0.05) is 20.2 Å². The van der Waals surface area contributed by atoms with Gasteiger partial charge in [0.1, 0.15) is 0 Å². The van der Waals surface area contributed by atoms with Crippen LogP contribution in [0.25, 0.3) is 31.3 Å². The van der Waals surface area contributed by atoms with Gasteiger partial charge in [-0.25, -0.2) is 0 Å². The number of thiophene rings is 1. The topological polar surface area (TPSA) is 0 Å². The lowest BCUT2D eigenvalue weighted by molar-refractivity contribution is 0.523. The second-order valence-corrected chi connectivity index (χ2v) is 11.9. The monoisotopic (exact) mass is 448 g/mol. The van der Waals surface area contributed by atoms with Crippen molar-refractivity contribution in [2.45, 2.75) is 51.9 Å². The van der Waals surface area contributed by atoms with E-state index in [1.807, 2.05) is 11.3 Å². The van der Waals surface area contributed by atoms with E-state index in [2.05, 4.69) is 126 Å². The van der Waals surface area contributed by atoms with Crippen LogP contribution in [-0.2, 0) is 17.3 Å². The van der Waals surface area contributed by atoms with Gasteiger partial charge in [0.05, 0.1) is 0 Å². The van der Waals surface area contributed by atoms with Crippen molar-refractivity contribution >= 4 is 31.5 Å². The Kier molecular flexibility index (Phi) is 5.41. The molecule has 1 aromatic heterocycles. The first-order chi connectivity index (χ1) is 15.7. The quantitative estimate of drug-likeness (QED) is 0.257. The standard InChI is InChI=1S/C32H32S/c1-31(2,3)28-13-9-12-27-26-19-14-22(20-29(26)33-30(27)28)21-32(4,5)25-17-15-24(16-18-25)23-10-7-6-8-11-23/h6-20H,21H2,1-5H3. The average Bonchev–Trinajstić information content (AvgIpc) is 3.16. The van der Waals surface area contributed by atoms with E-state index in [1.54, 1.807) is 0 Å². The third-order valence-electron chi connectivity index (χ3n) is 6.79. The first kappa shape index (κ1) is 21.9. The van der Waals surface area contributed by atoms with Crippen LogP contribution in [0.1, 0.15) is 51.3 Å². The maximum Gasteiger partial charge on any atom is 0.0392 e. The van der Waals surface area contributed by atoms with Crippen LogP contribution in [0.5, 0.6) is 0 Å². The van der Waals surface area contributed by atoms with Gasteiger partial charge in [-0.15, -0.1) is 11.3 Å². The van der Waals surface area contributed by atoms with Gasteiger partial charge in [-0.3, -0.25) is 0 Å². The molecule has 33 heavy (non-hydrogen) atoms. The molecule has 0 atom stereocenters. The summed E-state index contributed by atoms with van der Waals surface area (Å²) in [6.45, 7) is 11.6. The third-order valence-corrected chi connectivity index (χ3v) is 7.99. The van der Waals surface area contributed by atoms with E-state index in [0.717, 1.165) is 6.42 Å². The van der Waals surface area contributed by atoms with Crippen molar-refractivity contribution in [1.82, 2.24) is 0 Å². The summed E-state index contributed by atoms with van der Waals surface area (Å²) in [6.07, 6.45) is 1.02. The molecule has 0 saturated carbocycles. The minimum atomic E-state index is 0.0656. The molecule has 0 bridgehead atoms. The van der Waals surface area contributed by atoms with E-state index >= 15 is 0 Å². The number of hydrogen-bond donors (Lipinski definition) is 0. The van der Waals surface area contributed by atoms with E-state index in [0.29, 0.717) is 0 Å². The lowest BCUT2D eigenvalue weighted by Gasteiger charge is -2.26. The zero-order valence-electron chi connectivity index (χ0n) is 20.3. The van der Waals surface area contributed by atoms with Gasteiger partial charge < -0.3 is 0 Å². The molecular formula is C32H32S. The van der Waals surface area contributed by atoms with Crippen LogP contribution in [0.15, 0.2) is 91.0 Å². The molecule has 1 heterocycles. The molecule has 0 nitrogen and oxygen atoms in total. The summed E-state index contributed by atoms with van der Waals surface area (Å²) in [7, 11) is 0. The highest BCUT2D eigenvalue weighted by molar-refractivity contribution is 7.26. The molecule has 0 saturated heterocycles. The highest BCUT2D eigenvalue weighted by Gasteiger charge is 2.23. The van der Waals surface area contributed by atoms with Crippen LogP contribution in [0.4, 0.5) is 0 Å². The van der Waals surface area contributed by atoms with E-state index < -0.39 is 0 Å². The van der Waals surface area contributed by atoms with Crippen molar-refractivity contribution < 1.29 is 0 Å². The molecule has 166 valence electrons. The Morgan fingerprint density at radius 3 is 2.03 bits per heavy atom. The van der Waals surface area contributed by atoms with Crippen molar-refractivity contribution in [3.8, 4) is 11.1 Å². The van der Waals surface area contributed by atoms with Crippen LogP contribution in [-0.4, -0.2) is 0 Å². The summed E-state index contributed by atoms with van der Waals surface area (Å²) < 4.78 is 2.84. The number of rotatable bonds is 4. The number of hydrogen-bond acceptors (Lipinski definition) is 1. The van der Waals surface area contributed by atoms with E-state index in [-0.39, 0.29) is 10.8 Å². The van der Waals surface area contributed by atoms with Crippen LogP contribution < -0.4 is 0 Å². The molecule has 0 fully saturated rings. The van der Waals surface area contributed by atoms with Crippen LogP contribution in [0.3, 0.4) is 0 Å². The van der Waals surface area contributed by atoms with Crippen LogP contribution in [0, 0.1) is 0 Å². The van der Waals surface area contributed by atoms with Crippen molar-refractivity contribution in [1.29, 1.82) is 0 Å². The summed E-state index contributed by atoms with van der Waals surface area (Å²) in [5.74, 6) is 0. The Balaban J connectivity index is 1.46. The highest BCUT2D eigenvalue weighted by Crippen LogP contribution is 2.41. The van der Waals surface area contributed by atoms with Gasteiger partial charge in [0.2, 0.25) is 0 Å². The molecule has 5 rings (SSSR count). The minimum absolute atomic E-state index is 0.0656. The van der Waals surface area contributed by atoms with Crippen molar-refractivity contribution in [3.63, 3.8) is 0 Å². The van der Waals surface area contributed by atoms with Gasteiger partial charge in [0.25, 0.3) is 0 Å². The van der Waals surface area contributed by atoms with Gasteiger partial charge in [-0.1, -0.05) is 120 Å². The number of benzene rings is 4. The van der Waals surface area contributed by atoms with E-state index in [4.69, 9.17) is 0 Å². The highest BCUT2D eigenvalue weighted by atomic mass is 32.1. The van der Waals surface area contributed by atoms with Crippen molar-refractivity contribution in [3.05, 3.63) is 108 Å². The Morgan fingerprint density at radius 1 is 0.636 bits per heavy atom. The zero-order valence-corrected chi connectivity index (χ0v) is 21.1. The zero-order chi connectivity index (χ0) is 23.2. The summed E-state index contributed by atoms with van der Waals surface area (Å²) >= 11 is 1.95. The normalized spacial score (nSPS) is 12.5. The fourth-order valence-electron chi connectivity index (χ4n) is 4.90. The first-order valence-corrected chi connectivity index (χ1v) is 12.6. The molecule has 0 aliphatic rings.